The zero-order valence-electron chi connectivity index (χ0n) is 21.4. The third-order valence-corrected chi connectivity index (χ3v) is 7.47. The van der Waals surface area contributed by atoms with E-state index in [0.29, 0.717) is 21.3 Å². The van der Waals surface area contributed by atoms with Crippen LogP contribution in [-0.2, 0) is 9.59 Å². The molecule has 4 aromatic carbocycles. The fourth-order valence-electron chi connectivity index (χ4n) is 4.87. The first-order valence-corrected chi connectivity index (χ1v) is 13.9. The van der Waals surface area contributed by atoms with Gasteiger partial charge in [-0.25, -0.2) is 0 Å². The number of anilines is 1. The van der Waals surface area contributed by atoms with E-state index in [1.165, 1.54) is 4.90 Å². The Hall–Kier alpha value is -4.49. The van der Waals surface area contributed by atoms with Gasteiger partial charge in [0.25, 0.3) is 11.8 Å². The van der Waals surface area contributed by atoms with Crippen LogP contribution in [0.25, 0.3) is 34.3 Å². The zero-order valence-corrected chi connectivity index (χ0v) is 23.8. The molecular formula is C33H21Cl2N3O2S. The van der Waals surface area contributed by atoms with Crippen molar-refractivity contribution in [3.63, 3.8) is 0 Å². The molecule has 1 fully saturated rings. The summed E-state index contributed by atoms with van der Waals surface area (Å²) in [6.07, 6.45) is 1.62. The lowest BCUT2D eigenvalue weighted by atomic mass is 10.0. The highest BCUT2D eigenvalue weighted by atomic mass is 35.5. The number of rotatable bonds is 5. The van der Waals surface area contributed by atoms with E-state index >= 15 is 0 Å². The molecule has 1 aromatic heterocycles. The van der Waals surface area contributed by atoms with E-state index in [0.717, 1.165) is 28.2 Å². The topological polar surface area (TPSA) is 54.3 Å². The predicted octanol–water partition coefficient (Wildman–Crippen LogP) is 7.95. The van der Waals surface area contributed by atoms with Gasteiger partial charge in [0.1, 0.15) is 5.57 Å². The van der Waals surface area contributed by atoms with Crippen LogP contribution in [-0.4, -0.2) is 21.5 Å². The third kappa shape index (κ3) is 5.21. The summed E-state index contributed by atoms with van der Waals surface area (Å²) in [5.74, 6) is -1.11. The van der Waals surface area contributed by atoms with Crippen molar-refractivity contribution in [2.45, 2.75) is 0 Å². The number of thiocarbonyl (C=S) groups is 1. The van der Waals surface area contributed by atoms with Gasteiger partial charge in [-0.2, -0.15) is 0 Å². The van der Waals surface area contributed by atoms with Crippen molar-refractivity contribution >= 4 is 64.1 Å². The Kier molecular flexibility index (Phi) is 7.28. The summed E-state index contributed by atoms with van der Waals surface area (Å²) in [5, 5.41) is 3.72. The van der Waals surface area contributed by atoms with Crippen LogP contribution in [0.5, 0.6) is 0 Å². The molecule has 0 radical (unpaired) electrons. The van der Waals surface area contributed by atoms with Crippen molar-refractivity contribution < 1.29 is 9.59 Å². The molecule has 0 atom stereocenters. The first kappa shape index (κ1) is 26.7. The molecule has 1 N–H and O–H groups in total. The minimum atomic E-state index is -0.571. The van der Waals surface area contributed by atoms with Crippen molar-refractivity contribution in [1.29, 1.82) is 0 Å². The molecule has 1 saturated heterocycles. The molecule has 5 aromatic rings. The molecule has 8 heteroatoms. The summed E-state index contributed by atoms with van der Waals surface area (Å²) in [6.45, 7) is 0. The van der Waals surface area contributed by atoms with Gasteiger partial charge in [0.2, 0.25) is 0 Å². The summed E-state index contributed by atoms with van der Waals surface area (Å²) >= 11 is 17.8. The minimum Gasteiger partial charge on any atom is -0.309 e. The summed E-state index contributed by atoms with van der Waals surface area (Å²) in [7, 11) is 0. The van der Waals surface area contributed by atoms with Gasteiger partial charge in [0.15, 0.2) is 5.11 Å². The maximum atomic E-state index is 13.8. The van der Waals surface area contributed by atoms with Gasteiger partial charge in [-0.15, -0.1) is 0 Å². The lowest BCUT2D eigenvalue weighted by Gasteiger charge is -2.29. The van der Waals surface area contributed by atoms with Crippen LogP contribution >= 0.6 is 35.4 Å². The number of hydrogen-bond donors (Lipinski definition) is 1. The Morgan fingerprint density at radius 2 is 1.34 bits per heavy atom. The second-order valence-corrected chi connectivity index (χ2v) is 10.6. The lowest BCUT2D eigenvalue weighted by Crippen LogP contribution is -2.54. The fraction of sp³-hybridized carbons (Fsp3) is 0. The highest BCUT2D eigenvalue weighted by Crippen LogP contribution is 2.38. The number of nitrogens with zero attached hydrogens (tertiary/aromatic N) is 2. The standard InChI is InChI=1S/C33H21Cl2N3O2S/c34-24-14-16-26(17-15-24)37-29(21-8-3-1-4-9-21)19-23(30(37)22-10-5-2-6-11-22)18-28-31(39)36-33(41)38(32(28)40)27-13-7-12-25(35)20-27/h1-20H,(H,36,39,41). The van der Waals surface area contributed by atoms with Crippen LogP contribution < -0.4 is 10.2 Å². The number of carbonyl (C=O) groups excluding carboxylic acids is 2. The van der Waals surface area contributed by atoms with Crippen molar-refractivity contribution in [3.05, 3.63) is 136 Å². The molecule has 2 amide bonds. The molecule has 0 saturated carbocycles. The quantitative estimate of drug-likeness (QED) is 0.128. The smallest absolute Gasteiger partial charge is 0.270 e. The average Bonchev–Trinajstić information content (AvgIpc) is 3.36. The SMILES string of the molecule is O=C1NC(=S)N(c2cccc(Cl)c2)C(=O)C1=Cc1cc(-c2ccccc2)n(-c2ccc(Cl)cc2)c1-c1ccccc1. The van der Waals surface area contributed by atoms with E-state index in [4.69, 9.17) is 35.4 Å². The van der Waals surface area contributed by atoms with E-state index in [1.807, 2.05) is 91.0 Å². The normalized spacial score (nSPS) is 14.4. The molecule has 0 unspecified atom stereocenters. The Labute approximate surface area is 252 Å². The molecule has 0 bridgehead atoms. The monoisotopic (exact) mass is 593 g/mol. The molecule has 1 aliphatic heterocycles. The lowest BCUT2D eigenvalue weighted by molar-refractivity contribution is -0.122. The van der Waals surface area contributed by atoms with Gasteiger partial charge in [0, 0.05) is 21.3 Å². The largest absolute Gasteiger partial charge is 0.309 e. The molecule has 1 aliphatic rings. The van der Waals surface area contributed by atoms with Crippen LogP contribution in [0.2, 0.25) is 10.0 Å². The van der Waals surface area contributed by atoms with E-state index in [2.05, 4.69) is 9.88 Å². The van der Waals surface area contributed by atoms with E-state index in [1.54, 1.807) is 30.3 Å². The fourth-order valence-corrected chi connectivity index (χ4v) is 5.47. The second kappa shape index (κ2) is 11.2. The third-order valence-electron chi connectivity index (χ3n) is 6.70. The number of benzene rings is 4. The van der Waals surface area contributed by atoms with E-state index in [9.17, 15) is 9.59 Å². The highest BCUT2D eigenvalue weighted by molar-refractivity contribution is 7.80. The van der Waals surface area contributed by atoms with Gasteiger partial charge < -0.3 is 4.57 Å². The van der Waals surface area contributed by atoms with Crippen LogP contribution in [0.1, 0.15) is 5.56 Å². The molecule has 2 heterocycles. The maximum Gasteiger partial charge on any atom is 0.270 e. The van der Waals surface area contributed by atoms with E-state index in [-0.39, 0.29) is 10.7 Å². The van der Waals surface area contributed by atoms with E-state index < -0.39 is 11.8 Å². The Morgan fingerprint density at radius 3 is 2.00 bits per heavy atom. The number of aromatic nitrogens is 1. The number of nitrogens with one attached hydrogen (secondary N) is 1. The van der Waals surface area contributed by atoms with Gasteiger partial charge in [0.05, 0.1) is 17.1 Å². The van der Waals surface area contributed by atoms with Gasteiger partial charge in [-0.1, -0.05) is 89.9 Å². The second-order valence-electron chi connectivity index (χ2n) is 9.32. The first-order chi connectivity index (χ1) is 19.9. The van der Waals surface area contributed by atoms with Crippen molar-refractivity contribution in [2.24, 2.45) is 0 Å². The summed E-state index contributed by atoms with van der Waals surface area (Å²) in [6, 6.07) is 36.1. The van der Waals surface area contributed by atoms with Gasteiger partial charge in [-0.3, -0.25) is 19.8 Å². The number of hydrogen-bond acceptors (Lipinski definition) is 3. The first-order valence-electron chi connectivity index (χ1n) is 12.7. The molecule has 200 valence electrons. The number of carbonyl (C=O) groups is 2. The summed E-state index contributed by atoms with van der Waals surface area (Å²) < 4.78 is 2.11. The minimum absolute atomic E-state index is 0.00796. The van der Waals surface area contributed by atoms with Crippen LogP contribution in [0.3, 0.4) is 0 Å². The Bertz CT molecular complexity index is 1830. The van der Waals surface area contributed by atoms with Crippen molar-refractivity contribution in [1.82, 2.24) is 9.88 Å². The van der Waals surface area contributed by atoms with Gasteiger partial charge in [-0.05, 0) is 78.0 Å². The number of halogens is 2. The van der Waals surface area contributed by atoms with Crippen molar-refractivity contribution in [3.8, 4) is 28.2 Å². The molecule has 41 heavy (non-hydrogen) atoms. The van der Waals surface area contributed by atoms with Crippen LogP contribution in [0.4, 0.5) is 5.69 Å². The predicted molar refractivity (Wildman–Crippen MR) is 169 cm³/mol. The van der Waals surface area contributed by atoms with Crippen LogP contribution in [0.15, 0.2) is 121 Å². The maximum absolute atomic E-state index is 13.8. The summed E-state index contributed by atoms with van der Waals surface area (Å²) in [5.41, 5.74) is 5.52. The van der Waals surface area contributed by atoms with Crippen molar-refractivity contribution in [2.75, 3.05) is 4.90 Å². The average molecular weight is 595 g/mol. The highest BCUT2D eigenvalue weighted by Gasteiger charge is 2.35. The van der Waals surface area contributed by atoms with Gasteiger partial charge >= 0.3 is 0 Å². The zero-order chi connectivity index (χ0) is 28.5. The number of amides is 2. The molecule has 0 aliphatic carbocycles. The Balaban J connectivity index is 1.60. The molecule has 5 nitrogen and oxygen atoms in total. The summed E-state index contributed by atoms with van der Waals surface area (Å²) in [4.78, 5) is 28.3. The molecule has 0 spiro atoms. The Morgan fingerprint density at radius 1 is 0.683 bits per heavy atom. The van der Waals surface area contributed by atoms with Crippen LogP contribution in [0, 0.1) is 0 Å². The molecule has 6 rings (SSSR count). The molecular weight excluding hydrogens is 573 g/mol.